The van der Waals surface area contributed by atoms with Gasteiger partial charge in [0.05, 0.1) is 4.90 Å². The van der Waals surface area contributed by atoms with E-state index in [1.807, 2.05) is 0 Å². The van der Waals surface area contributed by atoms with E-state index in [1.165, 1.54) is 16.4 Å². The maximum atomic E-state index is 13.2. The van der Waals surface area contributed by atoms with Crippen LogP contribution in [-0.4, -0.2) is 56.3 Å². The number of nitrogens with zero attached hydrogens (tertiary/aromatic N) is 3. The van der Waals surface area contributed by atoms with Crippen LogP contribution in [-0.2, 0) is 21.4 Å². The normalized spacial score (nSPS) is 18.9. The standard InChI is InChI=1S/C21H23ClFN3O3S/c22-20-14-17(23)4-3-16(20)15-24-10-12-25(13-11-24)30(28,29)19-7-5-18(6-8-19)26-9-1-2-21(26)27/h3-8,14H,1-2,9-13,15H2. The van der Waals surface area contributed by atoms with E-state index < -0.39 is 10.0 Å². The molecule has 2 aromatic rings. The largest absolute Gasteiger partial charge is 0.312 e. The molecule has 6 nitrogen and oxygen atoms in total. The van der Waals surface area contributed by atoms with Crippen LogP contribution in [0, 0.1) is 5.82 Å². The molecule has 2 heterocycles. The highest BCUT2D eigenvalue weighted by molar-refractivity contribution is 7.89. The second kappa shape index (κ2) is 8.63. The van der Waals surface area contributed by atoms with Gasteiger partial charge in [-0.2, -0.15) is 4.31 Å². The molecule has 160 valence electrons. The van der Waals surface area contributed by atoms with Gasteiger partial charge in [0.25, 0.3) is 0 Å². The summed E-state index contributed by atoms with van der Waals surface area (Å²) in [6.07, 6.45) is 1.36. The zero-order chi connectivity index (χ0) is 21.3. The Morgan fingerprint density at radius 2 is 1.67 bits per heavy atom. The number of hydrogen-bond acceptors (Lipinski definition) is 4. The van der Waals surface area contributed by atoms with Crippen LogP contribution in [0.1, 0.15) is 18.4 Å². The minimum Gasteiger partial charge on any atom is -0.312 e. The number of sulfonamides is 1. The Morgan fingerprint density at radius 1 is 0.967 bits per heavy atom. The average Bonchev–Trinajstić information content (AvgIpc) is 3.16. The predicted molar refractivity (Wildman–Crippen MR) is 113 cm³/mol. The van der Waals surface area contributed by atoms with E-state index in [-0.39, 0.29) is 16.6 Å². The molecule has 0 spiro atoms. The molecule has 9 heteroatoms. The Labute approximate surface area is 180 Å². The maximum absolute atomic E-state index is 13.2. The molecule has 2 fully saturated rings. The molecule has 0 radical (unpaired) electrons. The van der Waals surface area contributed by atoms with E-state index in [0.717, 1.165) is 17.7 Å². The number of piperazine rings is 1. The highest BCUT2D eigenvalue weighted by Gasteiger charge is 2.29. The molecule has 0 N–H and O–H groups in total. The first kappa shape index (κ1) is 21.2. The number of carbonyl (C=O) groups excluding carboxylic acids is 1. The van der Waals surface area contributed by atoms with Crippen LogP contribution in [0.5, 0.6) is 0 Å². The van der Waals surface area contributed by atoms with E-state index in [4.69, 9.17) is 11.6 Å². The fourth-order valence-electron chi connectivity index (χ4n) is 3.89. The Bertz CT molecular complexity index is 1040. The van der Waals surface area contributed by atoms with E-state index in [2.05, 4.69) is 4.90 Å². The van der Waals surface area contributed by atoms with Crippen LogP contribution in [0.25, 0.3) is 0 Å². The van der Waals surface area contributed by atoms with Gasteiger partial charge in [-0.15, -0.1) is 0 Å². The molecule has 1 amide bonds. The number of halogens is 2. The minimum atomic E-state index is -3.60. The second-order valence-corrected chi connectivity index (χ2v) is 9.90. The molecule has 2 aliphatic heterocycles. The lowest BCUT2D eigenvalue weighted by Gasteiger charge is -2.34. The molecule has 4 rings (SSSR count). The van der Waals surface area contributed by atoms with Gasteiger partial charge < -0.3 is 4.90 Å². The Kier molecular flexibility index (Phi) is 6.11. The van der Waals surface area contributed by atoms with Crippen molar-refractivity contribution in [2.45, 2.75) is 24.3 Å². The van der Waals surface area contributed by atoms with Gasteiger partial charge in [-0.05, 0) is 48.4 Å². The number of benzene rings is 2. The van der Waals surface area contributed by atoms with Crippen molar-refractivity contribution in [3.8, 4) is 0 Å². The van der Waals surface area contributed by atoms with Crippen LogP contribution in [0.4, 0.5) is 10.1 Å². The summed E-state index contributed by atoms with van der Waals surface area (Å²) in [5, 5.41) is 0.377. The minimum absolute atomic E-state index is 0.0722. The summed E-state index contributed by atoms with van der Waals surface area (Å²) in [5.41, 5.74) is 1.55. The van der Waals surface area contributed by atoms with Crippen LogP contribution in [0.15, 0.2) is 47.4 Å². The number of amides is 1. The lowest BCUT2D eigenvalue weighted by molar-refractivity contribution is -0.117. The third-order valence-electron chi connectivity index (χ3n) is 5.60. The number of hydrogen-bond donors (Lipinski definition) is 0. The van der Waals surface area contributed by atoms with Crippen LogP contribution >= 0.6 is 11.6 Å². The van der Waals surface area contributed by atoms with Crippen molar-refractivity contribution in [2.75, 3.05) is 37.6 Å². The molecule has 0 saturated carbocycles. The van der Waals surface area contributed by atoms with Crippen LogP contribution in [0.2, 0.25) is 5.02 Å². The van der Waals surface area contributed by atoms with Crippen molar-refractivity contribution < 1.29 is 17.6 Å². The van der Waals surface area contributed by atoms with Crippen molar-refractivity contribution in [3.05, 3.63) is 58.9 Å². The van der Waals surface area contributed by atoms with Gasteiger partial charge in [0, 0.05) is 56.4 Å². The van der Waals surface area contributed by atoms with Gasteiger partial charge in [0.2, 0.25) is 15.9 Å². The molecule has 2 aliphatic rings. The van der Waals surface area contributed by atoms with Gasteiger partial charge >= 0.3 is 0 Å². The first-order valence-electron chi connectivity index (χ1n) is 9.91. The van der Waals surface area contributed by atoms with Crippen molar-refractivity contribution in [2.24, 2.45) is 0 Å². The molecule has 2 aromatic carbocycles. The highest BCUT2D eigenvalue weighted by atomic mass is 35.5. The van der Waals surface area contributed by atoms with Crippen molar-refractivity contribution in [1.82, 2.24) is 9.21 Å². The Morgan fingerprint density at radius 3 is 2.27 bits per heavy atom. The molecule has 0 unspecified atom stereocenters. The van der Waals surface area contributed by atoms with Gasteiger partial charge in [-0.3, -0.25) is 9.69 Å². The summed E-state index contributed by atoms with van der Waals surface area (Å²) >= 11 is 6.10. The summed E-state index contributed by atoms with van der Waals surface area (Å²) in [6.45, 7) is 3.08. The quantitative estimate of drug-likeness (QED) is 0.700. The molecule has 0 aliphatic carbocycles. The lowest BCUT2D eigenvalue weighted by Crippen LogP contribution is -2.48. The molecule has 0 aromatic heterocycles. The lowest BCUT2D eigenvalue weighted by atomic mass is 10.2. The van der Waals surface area contributed by atoms with Crippen molar-refractivity contribution in [3.63, 3.8) is 0 Å². The molecule has 2 saturated heterocycles. The number of anilines is 1. The summed E-state index contributed by atoms with van der Waals surface area (Å²) in [5.74, 6) is -0.303. The molecule has 0 bridgehead atoms. The first-order valence-corrected chi connectivity index (χ1v) is 11.7. The van der Waals surface area contributed by atoms with Crippen LogP contribution in [0.3, 0.4) is 0 Å². The SMILES string of the molecule is O=C1CCCN1c1ccc(S(=O)(=O)N2CCN(Cc3ccc(F)cc3Cl)CC2)cc1. The van der Waals surface area contributed by atoms with E-state index in [9.17, 15) is 17.6 Å². The topological polar surface area (TPSA) is 60.9 Å². The monoisotopic (exact) mass is 451 g/mol. The van der Waals surface area contributed by atoms with Crippen molar-refractivity contribution in [1.29, 1.82) is 0 Å². The highest BCUT2D eigenvalue weighted by Crippen LogP contribution is 2.25. The number of carbonyl (C=O) groups is 1. The molecular weight excluding hydrogens is 429 g/mol. The van der Waals surface area contributed by atoms with Gasteiger partial charge in [-0.25, -0.2) is 12.8 Å². The van der Waals surface area contributed by atoms with E-state index >= 15 is 0 Å². The zero-order valence-electron chi connectivity index (χ0n) is 16.4. The third kappa shape index (κ3) is 4.37. The molecule has 0 atom stereocenters. The van der Waals surface area contributed by atoms with Gasteiger partial charge in [-0.1, -0.05) is 17.7 Å². The summed E-state index contributed by atoms with van der Waals surface area (Å²) in [7, 11) is -3.60. The van der Waals surface area contributed by atoms with Crippen LogP contribution < -0.4 is 4.90 Å². The average molecular weight is 452 g/mol. The predicted octanol–water partition coefficient (Wildman–Crippen LogP) is 3.11. The fraction of sp³-hybridized carbons (Fsp3) is 0.381. The fourth-order valence-corrected chi connectivity index (χ4v) is 5.54. The smallest absolute Gasteiger partial charge is 0.243 e. The first-order chi connectivity index (χ1) is 14.3. The molecular formula is C21H23ClFN3O3S. The third-order valence-corrected chi connectivity index (χ3v) is 7.86. The summed E-state index contributed by atoms with van der Waals surface area (Å²) < 4.78 is 40.7. The molecule has 30 heavy (non-hydrogen) atoms. The maximum Gasteiger partial charge on any atom is 0.243 e. The van der Waals surface area contributed by atoms with E-state index in [1.54, 1.807) is 35.2 Å². The van der Waals surface area contributed by atoms with Crippen molar-refractivity contribution >= 4 is 33.2 Å². The van der Waals surface area contributed by atoms with Gasteiger partial charge in [0.1, 0.15) is 5.82 Å². The summed E-state index contributed by atoms with van der Waals surface area (Å²) in [4.78, 5) is 15.9. The Hall–Kier alpha value is -2.00. The van der Waals surface area contributed by atoms with E-state index in [0.29, 0.717) is 50.7 Å². The summed E-state index contributed by atoms with van der Waals surface area (Å²) in [6, 6.07) is 10.9. The number of rotatable bonds is 5. The zero-order valence-corrected chi connectivity index (χ0v) is 18.0. The van der Waals surface area contributed by atoms with Gasteiger partial charge in [0.15, 0.2) is 0 Å². The Balaban J connectivity index is 1.39. The second-order valence-electron chi connectivity index (χ2n) is 7.56.